The van der Waals surface area contributed by atoms with Gasteiger partial charge in [-0.25, -0.2) is 4.39 Å². The molecule has 2 aromatic carbocycles. The minimum Gasteiger partial charge on any atom is -0.497 e. The van der Waals surface area contributed by atoms with Crippen molar-refractivity contribution in [2.24, 2.45) is 10.9 Å². The van der Waals surface area contributed by atoms with E-state index >= 15 is 0 Å². The summed E-state index contributed by atoms with van der Waals surface area (Å²) in [5.41, 5.74) is 6.45. The summed E-state index contributed by atoms with van der Waals surface area (Å²) in [6.07, 6.45) is 0. The predicted octanol–water partition coefficient (Wildman–Crippen LogP) is 2.51. The average molecular weight is 290 g/mol. The molecular formula is C15H15FN2O3. The Kier molecular flexibility index (Phi) is 4.61. The molecule has 2 rings (SSSR count). The lowest BCUT2D eigenvalue weighted by atomic mass is 10.2. The number of hydrogen-bond donors (Lipinski definition) is 2. The second kappa shape index (κ2) is 6.60. The van der Waals surface area contributed by atoms with E-state index in [4.69, 9.17) is 20.4 Å². The maximum absolute atomic E-state index is 13.7. The van der Waals surface area contributed by atoms with E-state index in [0.717, 1.165) is 0 Å². The molecule has 0 heterocycles. The normalized spacial score (nSPS) is 11.2. The van der Waals surface area contributed by atoms with Gasteiger partial charge in [0.2, 0.25) is 0 Å². The first-order chi connectivity index (χ1) is 10.1. The summed E-state index contributed by atoms with van der Waals surface area (Å²) < 4.78 is 24.2. The number of halogens is 1. The summed E-state index contributed by atoms with van der Waals surface area (Å²) >= 11 is 0. The fourth-order valence-corrected chi connectivity index (χ4v) is 1.71. The van der Waals surface area contributed by atoms with Gasteiger partial charge in [-0.2, -0.15) is 0 Å². The Labute approximate surface area is 121 Å². The summed E-state index contributed by atoms with van der Waals surface area (Å²) in [4.78, 5) is 0. The van der Waals surface area contributed by atoms with E-state index < -0.39 is 0 Å². The van der Waals surface area contributed by atoms with Gasteiger partial charge in [0.1, 0.15) is 23.9 Å². The van der Waals surface area contributed by atoms with Crippen LogP contribution in [0.3, 0.4) is 0 Å². The molecule has 0 radical (unpaired) electrons. The largest absolute Gasteiger partial charge is 0.497 e. The van der Waals surface area contributed by atoms with Gasteiger partial charge >= 0.3 is 0 Å². The van der Waals surface area contributed by atoms with Gasteiger partial charge in [-0.05, 0) is 36.4 Å². The number of ether oxygens (including phenoxy) is 2. The topological polar surface area (TPSA) is 77.1 Å². The van der Waals surface area contributed by atoms with Crippen LogP contribution in [0.15, 0.2) is 47.6 Å². The summed E-state index contributed by atoms with van der Waals surface area (Å²) in [6.45, 7) is 0.0960. The quantitative estimate of drug-likeness (QED) is 0.384. The Morgan fingerprint density at radius 2 is 1.86 bits per heavy atom. The van der Waals surface area contributed by atoms with Crippen LogP contribution >= 0.6 is 0 Å². The van der Waals surface area contributed by atoms with Crippen LogP contribution in [-0.2, 0) is 6.61 Å². The van der Waals surface area contributed by atoms with Gasteiger partial charge in [0.05, 0.1) is 7.11 Å². The fourth-order valence-electron chi connectivity index (χ4n) is 1.71. The van der Waals surface area contributed by atoms with E-state index in [9.17, 15) is 4.39 Å². The molecule has 0 aliphatic carbocycles. The fraction of sp³-hybridized carbons (Fsp3) is 0.133. The maximum Gasteiger partial charge on any atom is 0.170 e. The van der Waals surface area contributed by atoms with Crippen molar-refractivity contribution in [3.63, 3.8) is 0 Å². The number of nitrogens with zero attached hydrogens (tertiary/aromatic N) is 1. The van der Waals surface area contributed by atoms with Crippen molar-refractivity contribution in [1.82, 2.24) is 0 Å². The molecule has 0 unspecified atom stereocenters. The van der Waals surface area contributed by atoms with Crippen LogP contribution in [0.2, 0.25) is 0 Å². The molecular weight excluding hydrogens is 275 g/mol. The third-order valence-electron chi connectivity index (χ3n) is 2.91. The first-order valence-electron chi connectivity index (χ1n) is 6.17. The third kappa shape index (κ3) is 3.62. The SMILES string of the molecule is COc1ccc(COc2ccc(/C(N)=N/O)cc2)c(F)c1. The van der Waals surface area contributed by atoms with E-state index in [1.807, 2.05) is 0 Å². The van der Waals surface area contributed by atoms with Gasteiger partial charge < -0.3 is 20.4 Å². The van der Waals surface area contributed by atoms with E-state index in [1.54, 1.807) is 36.4 Å². The van der Waals surface area contributed by atoms with Crippen LogP contribution in [0.5, 0.6) is 11.5 Å². The van der Waals surface area contributed by atoms with Gasteiger partial charge in [0, 0.05) is 17.2 Å². The molecule has 0 aromatic heterocycles. The zero-order valence-electron chi connectivity index (χ0n) is 11.4. The van der Waals surface area contributed by atoms with Crippen LogP contribution < -0.4 is 15.2 Å². The van der Waals surface area contributed by atoms with Gasteiger partial charge in [-0.15, -0.1) is 0 Å². The molecule has 0 fully saturated rings. The van der Waals surface area contributed by atoms with Crippen molar-refractivity contribution in [1.29, 1.82) is 0 Å². The Bertz CT molecular complexity index is 642. The number of nitrogens with two attached hydrogens (primary N) is 1. The lowest BCUT2D eigenvalue weighted by Gasteiger charge is -2.09. The number of rotatable bonds is 5. The lowest BCUT2D eigenvalue weighted by Crippen LogP contribution is -2.12. The first kappa shape index (κ1) is 14.6. The zero-order valence-corrected chi connectivity index (χ0v) is 11.4. The number of oxime groups is 1. The van der Waals surface area contributed by atoms with Gasteiger partial charge in [-0.3, -0.25) is 0 Å². The van der Waals surface area contributed by atoms with Gasteiger partial charge in [0.15, 0.2) is 5.84 Å². The summed E-state index contributed by atoms with van der Waals surface area (Å²) in [5.74, 6) is 0.643. The van der Waals surface area contributed by atoms with Crippen LogP contribution in [0.4, 0.5) is 4.39 Å². The van der Waals surface area contributed by atoms with E-state index in [2.05, 4.69) is 5.16 Å². The molecule has 6 heteroatoms. The number of benzene rings is 2. The molecule has 0 aliphatic rings. The smallest absolute Gasteiger partial charge is 0.170 e. The lowest BCUT2D eigenvalue weighted by molar-refractivity contribution is 0.299. The van der Waals surface area contributed by atoms with Crippen molar-refractivity contribution in [2.75, 3.05) is 7.11 Å². The van der Waals surface area contributed by atoms with Gasteiger partial charge in [0.25, 0.3) is 0 Å². The average Bonchev–Trinajstić information content (AvgIpc) is 2.53. The van der Waals surface area contributed by atoms with Crippen molar-refractivity contribution >= 4 is 5.84 Å². The monoisotopic (exact) mass is 290 g/mol. The summed E-state index contributed by atoms with van der Waals surface area (Å²) in [6, 6.07) is 11.2. The summed E-state index contributed by atoms with van der Waals surface area (Å²) in [7, 11) is 1.48. The standard InChI is InChI=1S/C15H15FN2O3/c1-20-13-7-4-11(14(16)8-13)9-21-12-5-2-10(3-6-12)15(17)18-19/h2-8,19H,9H2,1H3,(H2,17,18). The highest BCUT2D eigenvalue weighted by Crippen LogP contribution is 2.19. The van der Waals surface area contributed by atoms with Crippen molar-refractivity contribution in [3.05, 3.63) is 59.4 Å². The first-order valence-corrected chi connectivity index (χ1v) is 6.17. The Morgan fingerprint density at radius 1 is 1.19 bits per heavy atom. The van der Waals surface area contributed by atoms with Crippen LogP contribution in [0, 0.1) is 5.82 Å². The van der Waals surface area contributed by atoms with Crippen molar-refractivity contribution in [3.8, 4) is 11.5 Å². The predicted molar refractivity (Wildman–Crippen MR) is 76.2 cm³/mol. The molecule has 110 valence electrons. The van der Waals surface area contributed by atoms with Crippen LogP contribution in [0.1, 0.15) is 11.1 Å². The molecule has 0 bridgehead atoms. The van der Waals surface area contributed by atoms with E-state index in [0.29, 0.717) is 22.6 Å². The highest BCUT2D eigenvalue weighted by molar-refractivity contribution is 5.97. The number of hydrogen-bond acceptors (Lipinski definition) is 4. The Hall–Kier alpha value is -2.76. The minimum atomic E-state index is -0.386. The van der Waals surface area contributed by atoms with Crippen molar-refractivity contribution < 1.29 is 19.1 Å². The third-order valence-corrected chi connectivity index (χ3v) is 2.91. The molecule has 0 spiro atoms. The highest BCUT2D eigenvalue weighted by atomic mass is 19.1. The molecule has 3 N–H and O–H groups in total. The molecule has 0 saturated carbocycles. The summed E-state index contributed by atoms with van der Waals surface area (Å²) in [5, 5.41) is 11.5. The molecule has 5 nitrogen and oxygen atoms in total. The molecule has 0 aliphatic heterocycles. The Morgan fingerprint density at radius 3 is 2.43 bits per heavy atom. The Balaban J connectivity index is 2.03. The van der Waals surface area contributed by atoms with Gasteiger partial charge in [-0.1, -0.05) is 5.16 Å². The second-order valence-corrected chi connectivity index (χ2v) is 4.26. The molecule has 0 saturated heterocycles. The number of methoxy groups -OCH3 is 1. The van der Waals surface area contributed by atoms with E-state index in [1.165, 1.54) is 13.2 Å². The van der Waals surface area contributed by atoms with E-state index in [-0.39, 0.29) is 18.3 Å². The zero-order chi connectivity index (χ0) is 15.2. The maximum atomic E-state index is 13.7. The van der Waals surface area contributed by atoms with Crippen LogP contribution in [-0.4, -0.2) is 18.2 Å². The second-order valence-electron chi connectivity index (χ2n) is 4.26. The molecule has 0 amide bonds. The molecule has 21 heavy (non-hydrogen) atoms. The van der Waals surface area contributed by atoms with Crippen molar-refractivity contribution in [2.45, 2.75) is 6.61 Å². The van der Waals surface area contributed by atoms with Crippen LogP contribution in [0.25, 0.3) is 0 Å². The molecule has 0 atom stereocenters. The highest BCUT2D eigenvalue weighted by Gasteiger charge is 2.05. The minimum absolute atomic E-state index is 0.0164. The number of amidine groups is 1. The molecule has 2 aromatic rings.